The second kappa shape index (κ2) is 13.6. The maximum absolute atomic E-state index is 14.1. The molecule has 220 valence electrons. The number of aromatic hydroxyl groups is 1. The minimum atomic E-state index is -1.27. The maximum atomic E-state index is 14.1. The van der Waals surface area contributed by atoms with Gasteiger partial charge < -0.3 is 34.6 Å². The van der Waals surface area contributed by atoms with Crippen LogP contribution in [0.25, 0.3) is 0 Å². The highest BCUT2D eigenvalue weighted by Crippen LogP contribution is 2.40. The fourth-order valence-corrected chi connectivity index (χ4v) is 4.32. The third-order valence-electron chi connectivity index (χ3n) is 6.17. The molecular formula is C29H32F2N2O8. The van der Waals surface area contributed by atoms with Gasteiger partial charge in [0.1, 0.15) is 35.3 Å². The van der Waals surface area contributed by atoms with Gasteiger partial charge in [-0.2, -0.15) is 4.73 Å². The minimum absolute atomic E-state index is 0.109. The molecule has 0 bridgehead atoms. The van der Waals surface area contributed by atoms with Crippen molar-refractivity contribution in [2.24, 2.45) is 0 Å². The number of methoxy groups -OCH3 is 1. The summed E-state index contributed by atoms with van der Waals surface area (Å²) in [4.78, 5) is 25.9. The number of halogens is 2. The van der Waals surface area contributed by atoms with Crippen LogP contribution in [0, 0.1) is 16.8 Å². The summed E-state index contributed by atoms with van der Waals surface area (Å²) in [6.07, 6.45) is 0.00585. The maximum Gasteiger partial charge on any atom is 0.328 e. The molecule has 0 spiro atoms. The summed E-state index contributed by atoms with van der Waals surface area (Å²) >= 11 is 0. The standard InChI is InChI=1S/C29H32F2N2O8/c1-6-39-23-14-18(30)8-10-20(23)25(21-11-9-19(31)15-24(21)40-7-2)17(4)41-29(36)16(3)32-28(35)26-27(34)22(38-5)12-13-33(26)37/h8-17,25,34H,6-7H2,1-5H3,(H,32,35)/t16-,17-/m0/s1. The number of hydrogen-bond donors (Lipinski definition) is 2. The van der Waals surface area contributed by atoms with Crippen molar-refractivity contribution in [3.05, 3.63) is 82.3 Å². The summed E-state index contributed by atoms with van der Waals surface area (Å²) in [6, 6.07) is 7.73. The van der Waals surface area contributed by atoms with Crippen LogP contribution in [0.4, 0.5) is 8.78 Å². The fourth-order valence-electron chi connectivity index (χ4n) is 4.32. The Labute approximate surface area is 236 Å². The first-order valence-electron chi connectivity index (χ1n) is 12.9. The first kappa shape index (κ1) is 30.9. The fraction of sp³-hybridized carbons (Fsp3) is 0.345. The number of nitrogens with zero attached hydrogens (tertiary/aromatic N) is 1. The van der Waals surface area contributed by atoms with Gasteiger partial charge in [0.2, 0.25) is 5.75 Å². The first-order chi connectivity index (χ1) is 19.5. The zero-order valence-corrected chi connectivity index (χ0v) is 23.3. The van der Waals surface area contributed by atoms with E-state index >= 15 is 0 Å². The molecule has 2 aromatic carbocycles. The number of ether oxygens (including phenoxy) is 4. The van der Waals surface area contributed by atoms with Crippen molar-refractivity contribution < 1.29 is 47.2 Å². The molecule has 0 unspecified atom stereocenters. The van der Waals surface area contributed by atoms with E-state index in [9.17, 15) is 28.7 Å². The Morgan fingerprint density at radius 1 is 0.951 bits per heavy atom. The lowest BCUT2D eigenvalue weighted by atomic mass is 9.85. The van der Waals surface area contributed by atoms with Crippen molar-refractivity contribution in [3.8, 4) is 23.0 Å². The number of aromatic nitrogens is 1. The van der Waals surface area contributed by atoms with Crippen LogP contribution in [0.2, 0.25) is 0 Å². The normalized spacial score (nSPS) is 12.4. The van der Waals surface area contributed by atoms with E-state index in [1.807, 2.05) is 0 Å². The molecule has 0 saturated heterocycles. The van der Waals surface area contributed by atoms with E-state index in [1.165, 1.54) is 56.5 Å². The van der Waals surface area contributed by atoms with E-state index in [2.05, 4.69) is 5.32 Å². The largest absolute Gasteiger partial charge is 0.618 e. The number of benzene rings is 2. The molecule has 12 heteroatoms. The van der Waals surface area contributed by atoms with Gasteiger partial charge in [-0.15, -0.1) is 0 Å². The Bertz CT molecular complexity index is 1350. The number of hydrogen-bond acceptors (Lipinski definition) is 8. The third-order valence-corrected chi connectivity index (χ3v) is 6.17. The van der Waals surface area contributed by atoms with Gasteiger partial charge in [0, 0.05) is 29.3 Å². The van der Waals surface area contributed by atoms with Crippen LogP contribution < -0.4 is 24.3 Å². The van der Waals surface area contributed by atoms with Crippen LogP contribution >= 0.6 is 0 Å². The average Bonchev–Trinajstić information content (AvgIpc) is 2.91. The molecule has 2 atom stereocenters. The SMILES string of the molecule is CCOc1cc(F)ccc1C(c1ccc(F)cc1OCC)[C@H](C)OC(=O)[C@H](C)NC(=O)c1c(O)c(OC)cc[n+]1[O-]. The van der Waals surface area contributed by atoms with Gasteiger partial charge in [0.15, 0.2) is 11.9 Å². The molecule has 41 heavy (non-hydrogen) atoms. The van der Waals surface area contributed by atoms with Crippen molar-refractivity contribution in [1.82, 2.24) is 5.32 Å². The van der Waals surface area contributed by atoms with Crippen molar-refractivity contribution in [3.63, 3.8) is 0 Å². The second-order valence-electron chi connectivity index (χ2n) is 8.95. The van der Waals surface area contributed by atoms with Crippen LogP contribution in [-0.4, -0.2) is 49.5 Å². The molecule has 0 radical (unpaired) electrons. The molecule has 0 saturated carbocycles. The topological polar surface area (TPSA) is 130 Å². The van der Waals surface area contributed by atoms with Gasteiger partial charge >= 0.3 is 17.6 Å². The van der Waals surface area contributed by atoms with Crippen LogP contribution in [0.3, 0.4) is 0 Å². The molecule has 1 heterocycles. The number of nitrogens with one attached hydrogen (secondary N) is 1. The predicted molar refractivity (Wildman–Crippen MR) is 143 cm³/mol. The number of esters is 1. The van der Waals surface area contributed by atoms with Crippen molar-refractivity contribution in [2.45, 2.75) is 45.8 Å². The highest BCUT2D eigenvalue weighted by Gasteiger charge is 2.33. The van der Waals surface area contributed by atoms with E-state index in [1.54, 1.807) is 20.8 Å². The van der Waals surface area contributed by atoms with Crippen molar-refractivity contribution in [2.75, 3.05) is 20.3 Å². The van der Waals surface area contributed by atoms with Gasteiger partial charge in [-0.3, -0.25) is 4.79 Å². The summed E-state index contributed by atoms with van der Waals surface area (Å²) in [5.74, 6) is -4.23. The molecule has 2 N–H and O–H groups in total. The molecule has 10 nitrogen and oxygen atoms in total. The summed E-state index contributed by atoms with van der Waals surface area (Å²) < 4.78 is 50.4. The molecule has 1 amide bonds. The van der Waals surface area contributed by atoms with Gasteiger partial charge in [0.05, 0.1) is 26.2 Å². The number of carbonyl (C=O) groups is 2. The van der Waals surface area contributed by atoms with Crippen LogP contribution in [0.15, 0.2) is 48.7 Å². The molecule has 0 fully saturated rings. The Morgan fingerprint density at radius 2 is 1.49 bits per heavy atom. The monoisotopic (exact) mass is 574 g/mol. The van der Waals surface area contributed by atoms with Gasteiger partial charge in [-0.25, -0.2) is 13.6 Å². The number of pyridine rings is 1. The van der Waals surface area contributed by atoms with Crippen LogP contribution in [-0.2, 0) is 9.53 Å². The van der Waals surface area contributed by atoms with Gasteiger partial charge in [-0.1, -0.05) is 12.1 Å². The van der Waals surface area contributed by atoms with E-state index in [0.717, 1.165) is 6.20 Å². The lowest BCUT2D eigenvalue weighted by Gasteiger charge is -2.29. The molecule has 0 aliphatic carbocycles. The van der Waals surface area contributed by atoms with Gasteiger partial charge in [0.25, 0.3) is 0 Å². The Morgan fingerprint density at radius 3 is 1.98 bits per heavy atom. The summed E-state index contributed by atoms with van der Waals surface area (Å²) in [5, 5.41) is 24.7. The average molecular weight is 575 g/mol. The van der Waals surface area contributed by atoms with Crippen LogP contribution in [0.5, 0.6) is 23.0 Å². The second-order valence-corrected chi connectivity index (χ2v) is 8.95. The molecular weight excluding hydrogens is 542 g/mol. The Kier molecular flexibility index (Phi) is 10.3. The smallest absolute Gasteiger partial charge is 0.328 e. The summed E-state index contributed by atoms with van der Waals surface area (Å²) in [6.45, 7) is 6.81. The molecule has 3 rings (SSSR count). The van der Waals surface area contributed by atoms with Crippen molar-refractivity contribution in [1.29, 1.82) is 0 Å². The predicted octanol–water partition coefficient (Wildman–Crippen LogP) is 3.99. The first-order valence-corrected chi connectivity index (χ1v) is 12.9. The lowest BCUT2D eigenvalue weighted by molar-refractivity contribution is -0.608. The van der Waals surface area contributed by atoms with E-state index in [0.29, 0.717) is 11.1 Å². The van der Waals surface area contributed by atoms with Crippen molar-refractivity contribution >= 4 is 11.9 Å². The molecule has 0 aliphatic heterocycles. The van der Waals surface area contributed by atoms with E-state index in [-0.39, 0.29) is 35.2 Å². The summed E-state index contributed by atoms with van der Waals surface area (Å²) in [7, 11) is 1.25. The lowest BCUT2D eigenvalue weighted by Crippen LogP contribution is -2.46. The Hall–Kier alpha value is -4.61. The van der Waals surface area contributed by atoms with E-state index in [4.69, 9.17) is 18.9 Å². The van der Waals surface area contributed by atoms with Crippen LogP contribution in [0.1, 0.15) is 55.2 Å². The highest BCUT2D eigenvalue weighted by molar-refractivity contribution is 5.96. The molecule has 1 aromatic heterocycles. The Balaban J connectivity index is 1.95. The number of amides is 1. The number of carbonyl (C=O) groups excluding carboxylic acids is 2. The molecule has 0 aliphatic rings. The zero-order valence-electron chi connectivity index (χ0n) is 23.3. The zero-order chi connectivity index (χ0) is 30.3. The highest BCUT2D eigenvalue weighted by atomic mass is 19.1. The quantitative estimate of drug-likeness (QED) is 0.189. The third kappa shape index (κ3) is 7.13. The van der Waals surface area contributed by atoms with E-state index < -0.39 is 53.0 Å². The van der Waals surface area contributed by atoms with Gasteiger partial charge in [-0.05, 0) is 39.8 Å². The summed E-state index contributed by atoms with van der Waals surface area (Å²) in [5.41, 5.74) is 0.230. The number of rotatable bonds is 12. The molecule has 3 aromatic rings. The minimum Gasteiger partial charge on any atom is -0.618 e.